The molecule has 88 valence electrons. The molecular formula is C12H18BrN3. The van der Waals surface area contributed by atoms with Crippen molar-refractivity contribution in [3.8, 4) is 0 Å². The van der Waals surface area contributed by atoms with Crippen LogP contribution in [-0.4, -0.2) is 23.9 Å². The number of hydrogen-bond donors (Lipinski definition) is 1. The molecule has 0 aliphatic carbocycles. The van der Waals surface area contributed by atoms with E-state index in [1.807, 2.05) is 29.2 Å². The van der Waals surface area contributed by atoms with E-state index in [4.69, 9.17) is 5.73 Å². The fraction of sp³-hybridized carbons (Fsp3) is 0.417. The highest BCUT2D eigenvalue weighted by Crippen LogP contribution is 2.11. The summed E-state index contributed by atoms with van der Waals surface area (Å²) in [5, 5.41) is 0. The van der Waals surface area contributed by atoms with Crippen molar-refractivity contribution in [1.29, 1.82) is 0 Å². The molecule has 0 fully saturated rings. The molecule has 0 spiro atoms. The van der Waals surface area contributed by atoms with Gasteiger partial charge in [-0.3, -0.25) is 0 Å². The first-order chi connectivity index (χ1) is 7.67. The van der Waals surface area contributed by atoms with Gasteiger partial charge < -0.3 is 10.6 Å². The second-order valence-electron chi connectivity index (χ2n) is 3.47. The van der Waals surface area contributed by atoms with Crippen molar-refractivity contribution in [3.63, 3.8) is 0 Å². The van der Waals surface area contributed by atoms with Crippen molar-refractivity contribution in [2.45, 2.75) is 20.4 Å². The Labute approximate surface area is 105 Å². The molecule has 0 atom stereocenters. The molecule has 1 rings (SSSR count). The zero-order valence-corrected chi connectivity index (χ0v) is 11.4. The number of benzene rings is 1. The van der Waals surface area contributed by atoms with Crippen molar-refractivity contribution in [2.75, 3.05) is 13.1 Å². The van der Waals surface area contributed by atoms with Crippen LogP contribution in [0.25, 0.3) is 0 Å². The van der Waals surface area contributed by atoms with Gasteiger partial charge in [-0.25, -0.2) is 4.99 Å². The highest BCUT2D eigenvalue weighted by molar-refractivity contribution is 9.10. The molecule has 0 saturated heterocycles. The van der Waals surface area contributed by atoms with Gasteiger partial charge in [0.15, 0.2) is 5.96 Å². The Hall–Kier alpha value is -1.03. The molecule has 0 aliphatic heterocycles. The van der Waals surface area contributed by atoms with E-state index in [1.54, 1.807) is 0 Å². The Kier molecular flexibility index (Phi) is 5.32. The summed E-state index contributed by atoms with van der Waals surface area (Å²) in [5.74, 6) is 0.618. The number of nitrogens with two attached hydrogens (primary N) is 1. The Balaban J connectivity index is 2.61. The molecule has 4 heteroatoms. The second-order valence-corrected chi connectivity index (χ2v) is 4.39. The normalized spacial score (nSPS) is 11.6. The maximum absolute atomic E-state index is 5.88. The molecule has 0 heterocycles. The van der Waals surface area contributed by atoms with E-state index in [0.717, 1.165) is 17.6 Å². The van der Waals surface area contributed by atoms with Gasteiger partial charge in [0, 0.05) is 17.6 Å². The molecule has 0 unspecified atom stereocenters. The average molecular weight is 284 g/mol. The van der Waals surface area contributed by atoms with Crippen LogP contribution in [0.4, 0.5) is 0 Å². The van der Waals surface area contributed by atoms with Gasteiger partial charge in [0.2, 0.25) is 0 Å². The lowest BCUT2D eigenvalue weighted by Gasteiger charge is -2.19. The molecule has 0 saturated carbocycles. The van der Waals surface area contributed by atoms with Gasteiger partial charge in [0.05, 0.1) is 6.54 Å². The van der Waals surface area contributed by atoms with Crippen molar-refractivity contribution in [1.82, 2.24) is 4.90 Å². The van der Waals surface area contributed by atoms with E-state index in [2.05, 4.69) is 34.8 Å². The molecule has 0 bridgehead atoms. The monoisotopic (exact) mass is 283 g/mol. The summed E-state index contributed by atoms with van der Waals surface area (Å²) in [6.07, 6.45) is 0. The lowest BCUT2D eigenvalue weighted by Crippen LogP contribution is -2.37. The van der Waals surface area contributed by atoms with Gasteiger partial charge >= 0.3 is 0 Å². The lowest BCUT2D eigenvalue weighted by atomic mass is 10.2. The SMILES string of the molecule is CCN(CC)C(N)=NCc1ccc(Br)cc1. The first-order valence-corrected chi connectivity index (χ1v) is 6.26. The molecule has 16 heavy (non-hydrogen) atoms. The van der Waals surface area contributed by atoms with Crippen molar-refractivity contribution in [2.24, 2.45) is 10.7 Å². The summed E-state index contributed by atoms with van der Waals surface area (Å²) in [4.78, 5) is 6.41. The molecule has 0 radical (unpaired) electrons. The highest BCUT2D eigenvalue weighted by Gasteiger charge is 2.01. The van der Waals surface area contributed by atoms with Crippen molar-refractivity contribution < 1.29 is 0 Å². The smallest absolute Gasteiger partial charge is 0.191 e. The van der Waals surface area contributed by atoms with Crippen LogP contribution < -0.4 is 5.73 Å². The van der Waals surface area contributed by atoms with Gasteiger partial charge in [-0.1, -0.05) is 28.1 Å². The number of rotatable bonds is 4. The number of nitrogens with zero attached hydrogens (tertiary/aromatic N) is 2. The van der Waals surface area contributed by atoms with Crippen molar-refractivity contribution >= 4 is 21.9 Å². The van der Waals surface area contributed by atoms with E-state index < -0.39 is 0 Å². The third-order valence-electron chi connectivity index (χ3n) is 2.42. The van der Waals surface area contributed by atoms with Crippen LogP contribution in [0, 0.1) is 0 Å². The summed E-state index contributed by atoms with van der Waals surface area (Å²) in [5.41, 5.74) is 7.05. The zero-order chi connectivity index (χ0) is 12.0. The van der Waals surface area contributed by atoms with Gasteiger partial charge in [-0.15, -0.1) is 0 Å². The Morgan fingerprint density at radius 2 is 1.81 bits per heavy atom. The van der Waals surface area contributed by atoms with Crippen LogP contribution in [0.3, 0.4) is 0 Å². The number of hydrogen-bond acceptors (Lipinski definition) is 1. The quantitative estimate of drug-likeness (QED) is 0.682. The summed E-state index contributed by atoms with van der Waals surface area (Å²) in [6.45, 7) is 6.57. The minimum Gasteiger partial charge on any atom is -0.370 e. The van der Waals surface area contributed by atoms with E-state index in [-0.39, 0.29) is 0 Å². The van der Waals surface area contributed by atoms with Crippen LogP contribution >= 0.6 is 15.9 Å². The molecule has 0 amide bonds. The fourth-order valence-corrected chi connectivity index (χ4v) is 1.67. The van der Waals surface area contributed by atoms with E-state index >= 15 is 0 Å². The Morgan fingerprint density at radius 3 is 2.31 bits per heavy atom. The van der Waals surface area contributed by atoms with Crippen LogP contribution in [0.5, 0.6) is 0 Å². The average Bonchev–Trinajstić information content (AvgIpc) is 2.30. The molecule has 2 N–H and O–H groups in total. The minimum atomic E-state index is 0.618. The van der Waals surface area contributed by atoms with Gasteiger partial charge in [-0.05, 0) is 31.5 Å². The lowest BCUT2D eigenvalue weighted by molar-refractivity contribution is 0.458. The van der Waals surface area contributed by atoms with Crippen LogP contribution in [0.1, 0.15) is 19.4 Å². The molecule has 0 aliphatic rings. The Morgan fingerprint density at radius 1 is 1.25 bits per heavy atom. The molecule has 1 aromatic rings. The van der Waals surface area contributed by atoms with Crippen molar-refractivity contribution in [3.05, 3.63) is 34.3 Å². The molecule has 3 nitrogen and oxygen atoms in total. The third-order valence-corrected chi connectivity index (χ3v) is 2.95. The van der Waals surface area contributed by atoms with E-state index in [1.165, 1.54) is 5.56 Å². The largest absolute Gasteiger partial charge is 0.370 e. The molecule has 1 aromatic carbocycles. The number of halogens is 1. The Bertz CT molecular complexity index is 342. The van der Waals surface area contributed by atoms with Gasteiger partial charge in [0.1, 0.15) is 0 Å². The standard InChI is InChI=1S/C12H18BrN3/c1-3-16(4-2)12(14)15-9-10-5-7-11(13)8-6-10/h5-8H,3-4,9H2,1-2H3,(H2,14,15). The van der Waals surface area contributed by atoms with Crippen LogP contribution in [-0.2, 0) is 6.54 Å². The third kappa shape index (κ3) is 3.85. The summed E-state index contributed by atoms with van der Waals surface area (Å²) < 4.78 is 1.08. The van der Waals surface area contributed by atoms with Gasteiger partial charge in [-0.2, -0.15) is 0 Å². The first kappa shape index (κ1) is 13.0. The van der Waals surface area contributed by atoms with Gasteiger partial charge in [0.25, 0.3) is 0 Å². The number of guanidine groups is 1. The first-order valence-electron chi connectivity index (χ1n) is 5.46. The summed E-state index contributed by atoms with van der Waals surface area (Å²) >= 11 is 3.40. The zero-order valence-electron chi connectivity index (χ0n) is 9.78. The van der Waals surface area contributed by atoms with Crippen LogP contribution in [0.2, 0.25) is 0 Å². The predicted octanol–water partition coefficient (Wildman–Crippen LogP) is 2.61. The topological polar surface area (TPSA) is 41.6 Å². The minimum absolute atomic E-state index is 0.618. The van der Waals surface area contributed by atoms with Crippen LogP contribution in [0.15, 0.2) is 33.7 Å². The number of aliphatic imine (C=N–C) groups is 1. The summed E-state index contributed by atoms with van der Waals surface area (Å²) in [7, 11) is 0. The predicted molar refractivity (Wildman–Crippen MR) is 72.4 cm³/mol. The van der Waals surface area contributed by atoms with E-state index in [9.17, 15) is 0 Å². The highest BCUT2D eigenvalue weighted by atomic mass is 79.9. The molecule has 0 aromatic heterocycles. The fourth-order valence-electron chi connectivity index (χ4n) is 1.41. The van der Waals surface area contributed by atoms with E-state index in [0.29, 0.717) is 12.5 Å². The summed E-state index contributed by atoms with van der Waals surface area (Å²) in [6, 6.07) is 8.11. The molecular weight excluding hydrogens is 266 g/mol. The second kappa shape index (κ2) is 6.53. The maximum atomic E-state index is 5.88. The maximum Gasteiger partial charge on any atom is 0.191 e.